The minimum absolute atomic E-state index is 0.0846. The fourth-order valence-corrected chi connectivity index (χ4v) is 1.82. The van der Waals surface area contributed by atoms with Crippen LogP contribution in [0.5, 0.6) is 0 Å². The molecule has 0 fully saturated rings. The van der Waals surface area contributed by atoms with Crippen LogP contribution in [0.1, 0.15) is 16.8 Å². The van der Waals surface area contributed by atoms with Gasteiger partial charge in [-0.1, -0.05) is 23.8 Å². The molecule has 0 heterocycles. The molecule has 0 saturated heterocycles. The zero-order valence-corrected chi connectivity index (χ0v) is 12.4. The summed E-state index contributed by atoms with van der Waals surface area (Å²) in [5.41, 5.74) is 5.97. The molecule has 0 bridgehead atoms. The molecule has 2 N–H and O–H groups in total. The summed E-state index contributed by atoms with van der Waals surface area (Å²) < 4.78 is 0.702. The molecule has 1 rings (SSSR count). The Bertz CT molecular complexity index is 453. The van der Waals surface area contributed by atoms with E-state index >= 15 is 0 Å². The van der Waals surface area contributed by atoms with Crippen molar-refractivity contribution < 1.29 is 4.79 Å². The van der Waals surface area contributed by atoms with Gasteiger partial charge in [0.15, 0.2) is 0 Å². The normalized spacial score (nSPS) is 10.1. The molecule has 1 aromatic rings. The molecule has 92 valence electrons. The van der Waals surface area contributed by atoms with Crippen LogP contribution in [0.25, 0.3) is 0 Å². The number of nitrogens with zero attached hydrogens (tertiary/aromatic N) is 1. The van der Waals surface area contributed by atoms with Gasteiger partial charge in [-0.3, -0.25) is 4.79 Å². The van der Waals surface area contributed by atoms with Crippen LogP contribution in [0.2, 0.25) is 5.02 Å². The molecule has 0 radical (unpaired) electrons. The first-order valence-electron chi connectivity index (χ1n) is 4.90. The lowest BCUT2D eigenvalue weighted by atomic mass is 10.2. The van der Waals surface area contributed by atoms with Crippen LogP contribution in [0.3, 0.4) is 0 Å². The van der Waals surface area contributed by atoms with Crippen molar-refractivity contribution in [2.24, 2.45) is 5.73 Å². The van der Waals surface area contributed by atoms with Crippen molar-refractivity contribution in [3.8, 4) is 0 Å². The smallest absolute Gasteiger partial charge is 0.253 e. The maximum atomic E-state index is 12.0. The van der Waals surface area contributed by atoms with Gasteiger partial charge >= 0.3 is 0 Å². The van der Waals surface area contributed by atoms with E-state index in [1.807, 2.05) is 0 Å². The van der Waals surface area contributed by atoms with Crippen LogP contribution in [-0.4, -0.2) is 29.4 Å². The van der Waals surface area contributed by atoms with Gasteiger partial charge in [-0.05, 0) is 34.1 Å². The zero-order chi connectivity index (χ0) is 13.0. The summed E-state index contributed by atoms with van der Waals surface area (Å²) in [5.74, 6) is -0.0846. The van der Waals surface area contributed by atoms with Crippen LogP contribution < -0.4 is 5.73 Å². The van der Waals surface area contributed by atoms with Crippen molar-refractivity contribution in [2.45, 2.75) is 6.42 Å². The number of carbonyl (C=O) groups is 1. The molecule has 0 atom stereocenters. The van der Waals surface area contributed by atoms with Gasteiger partial charge < -0.3 is 10.6 Å². The minimum Gasteiger partial charge on any atom is -0.393 e. The lowest BCUT2D eigenvalue weighted by Gasteiger charge is -2.17. The number of thiocarbonyl (C=S) groups is 1. The molecule has 3 nitrogen and oxygen atoms in total. The quantitative estimate of drug-likeness (QED) is 0.861. The fraction of sp³-hybridized carbons (Fsp3) is 0.273. The van der Waals surface area contributed by atoms with Gasteiger partial charge in [0.05, 0.1) is 10.0 Å². The number of halogens is 2. The summed E-state index contributed by atoms with van der Waals surface area (Å²) in [4.78, 5) is 14.0. The molecule has 0 aliphatic heterocycles. The van der Waals surface area contributed by atoms with Crippen molar-refractivity contribution in [3.05, 3.63) is 33.3 Å². The SMILES string of the molecule is CN(CCC(N)=S)C(=O)c1ccc(Cl)c(Br)c1. The highest BCUT2D eigenvalue weighted by atomic mass is 79.9. The molecule has 6 heteroatoms. The van der Waals surface area contributed by atoms with Crippen LogP contribution in [0.15, 0.2) is 22.7 Å². The van der Waals surface area contributed by atoms with Gasteiger partial charge in [-0.2, -0.15) is 0 Å². The topological polar surface area (TPSA) is 46.3 Å². The van der Waals surface area contributed by atoms with Gasteiger partial charge in [0.2, 0.25) is 0 Å². The first kappa shape index (κ1) is 14.4. The number of rotatable bonds is 4. The van der Waals surface area contributed by atoms with Crippen molar-refractivity contribution in [3.63, 3.8) is 0 Å². The maximum Gasteiger partial charge on any atom is 0.253 e. The summed E-state index contributed by atoms with van der Waals surface area (Å²) in [6, 6.07) is 5.06. The third-order valence-electron chi connectivity index (χ3n) is 2.21. The Hall–Kier alpha value is -0.650. The largest absolute Gasteiger partial charge is 0.393 e. The molecule has 1 aromatic carbocycles. The maximum absolute atomic E-state index is 12.0. The standard InChI is InChI=1S/C11H12BrClN2OS/c1-15(5-4-10(14)17)11(16)7-2-3-9(13)8(12)6-7/h2-3,6H,4-5H2,1H3,(H2,14,17). The van der Waals surface area contributed by atoms with E-state index in [-0.39, 0.29) is 5.91 Å². The van der Waals surface area contributed by atoms with E-state index in [0.29, 0.717) is 33.0 Å². The summed E-state index contributed by atoms with van der Waals surface area (Å²) in [7, 11) is 1.71. The fourth-order valence-electron chi connectivity index (χ4n) is 1.23. The first-order valence-corrected chi connectivity index (χ1v) is 6.48. The van der Waals surface area contributed by atoms with Crippen molar-refractivity contribution in [1.29, 1.82) is 0 Å². The second-order valence-corrected chi connectivity index (χ2v) is 5.36. The molecule has 0 aromatic heterocycles. The second kappa shape index (κ2) is 6.33. The number of hydrogen-bond donors (Lipinski definition) is 1. The van der Waals surface area contributed by atoms with Crippen LogP contribution in [-0.2, 0) is 0 Å². The van der Waals surface area contributed by atoms with Gasteiger partial charge in [-0.15, -0.1) is 0 Å². The second-order valence-electron chi connectivity index (χ2n) is 3.57. The Morgan fingerprint density at radius 2 is 2.24 bits per heavy atom. The molecule has 0 aliphatic rings. The highest BCUT2D eigenvalue weighted by molar-refractivity contribution is 9.10. The van der Waals surface area contributed by atoms with E-state index in [1.54, 1.807) is 30.1 Å². The Balaban J connectivity index is 2.74. The van der Waals surface area contributed by atoms with Gasteiger partial charge in [0.25, 0.3) is 5.91 Å². The lowest BCUT2D eigenvalue weighted by Crippen LogP contribution is -2.30. The number of hydrogen-bond acceptors (Lipinski definition) is 2. The number of carbonyl (C=O) groups excluding carboxylic acids is 1. The van der Waals surface area contributed by atoms with E-state index in [2.05, 4.69) is 15.9 Å². The van der Waals surface area contributed by atoms with Crippen LogP contribution in [0.4, 0.5) is 0 Å². The molecule has 0 spiro atoms. The monoisotopic (exact) mass is 334 g/mol. The van der Waals surface area contributed by atoms with E-state index in [4.69, 9.17) is 29.6 Å². The van der Waals surface area contributed by atoms with Crippen LogP contribution in [0, 0.1) is 0 Å². The van der Waals surface area contributed by atoms with Crippen molar-refractivity contribution in [1.82, 2.24) is 4.90 Å². The summed E-state index contributed by atoms with van der Waals surface area (Å²) in [5, 5.41) is 0.576. The Kier molecular flexibility index (Phi) is 5.36. The molecule has 0 saturated carbocycles. The third-order valence-corrected chi connectivity index (χ3v) is 3.62. The number of amides is 1. The molecule has 17 heavy (non-hydrogen) atoms. The minimum atomic E-state index is -0.0846. The Morgan fingerprint density at radius 1 is 1.59 bits per heavy atom. The van der Waals surface area contributed by atoms with Crippen molar-refractivity contribution in [2.75, 3.05) is 13.6 Å². The Labute approximate surface area is 119 Å². The Morgan fingerprint density at radius 3 is 2.76 bits per heavy atom. The number of nitrogens with two attached hydrogens (primary N) is 1. The van der Waals surface area contributed by atoms with Crippen molar-refractivity contribution >= 4 is 50.6 Å². The summed E-state index contributed by atoms with van der Waals surface area (Å²) in [6.07, 6.45) is 0.520. The van der Waals surface area contributed by atoms with E-state index in [9.17, 15) is 4.79 Å². The van der Waals surface area contributed by atoms with E-state index in [0.717, 1.165) is 0 Å². The average molecular weight is 336 g/mol. The molecular formula is C11H12BrClN2OS. The number of benzene rings is 1. The highest BCUT2D eigenvalue weighted by Crippen LogP contribution is 2.23. The summed E-state index contributed by atoms with van der Waals surface area (Å²) >= 11 is 13.9. The highest BCUT2D eigenvalue weighted by Gasteiger charge is 2.12. The average Bonchev–Trinajstić information content (AvgIpc) is 2.28. The zero-order valence-electron chi connectivity index (χ0n) is 9.24. The predicted octanol–water partition coefficient (Wildman–Crippen LogP) is 2.85. The molecule has 0 aliphatic carbocycles. The van der Waals surface area contributed by atoms with Crippen LogP contribution >= 0.6 is 39.7 Å². The first-order chi connectivity index (χ1) is 7.91. The molecule has 1 amide bonds. The van der Waals surface area contributed by atoms with Gasteiger partial charge in [0.1, 0.15) is 0 Å². The van der Waals surface area contributed by atoms with Gasteiger partial charge in [-0.25, -0.2) is 0 Å². The third kappa shape index (κ3) is 4.26. The summed E-state index contributed by atoms with van der Waals surface area (Å²) in [6.45, 7) is 0.508. The molecular weight excluding hydrogens is 324 g/mol. The lowest BCUT2D eigenvalue weighted by molar-refractivity contribution is 0.0799. The molecule has 0 unspecified atom stereocenters. The van der Waals surface area contributed by atoms with Gasteiger partial charge in [0, 0.05) is 30.0 Å². The van der Waals surface area contributed by atoms with E-state index in [1.165, 1.54) is 0 Å². The predicted molar refractivity (Wildman–Crippen MR) is 77.5 cm³/mol. The van der Waals surface area contributed by atoms with E-state index < -0.39 is 0 Å².